The van der Waals surface area contributed by atoms with Crippen LogP contribution < -0.4 is 21.1 Å². The van der Waals surface area contributed by atoms with Gasteiger partial charge in [-0.05, 0) is 51.8 Å². The van der Waals surface area contributed by atoms with Crippen LogP contribution in [0.25, 0.3) is 0 Å². The van der Waals surface area contributed by atoms with Gasteiger partial charge in [-0.25, -0.2) is 4.79 Å². The molecule has 1 aromatic rings. The summed E-state index contributed by atoms with van der Waals surface area (Å²) in [6, 6.07) is 5.23. The number of alkyl carbamates (subject to hydrolysis) is 1. The number of ether oxygens (including phenoxy) is 2. The third-order valence-corrected chi connectivity index (χ3v) is 4.39. The van der Waals surface area contributed by atoms with Crippen LogP contribution in [0, 0.1) is 0 Å². The van der Waals surface area contributed by atoms with Gasteiger partial charge in [0.1, 0.15) is 11.4 Å². The third kappa shape index (κ3) is 8.72. The van der Waals surface area contributed by atoms with Crippen molar-refractivity contribution >= 4 is 53.3 Å². The number of nitrogens with one attached hydrogen (secondary N) is 2. The van der Waals surface area contributed by atoms with Crippen molar-refractivity contribution in [2.45, 2.75) is 58.6 Å². The molecule has 7 nitrogen and oxygen atoms in total. The number of carbonyl (C=O) groups excluding carboxylic acids is 1. The Morgan fingerprint density at radius 3 is 2.32 bits per heavy atom. The fourth-order valence-corrected chi connectivity index (χ4v) is 2.64. The van der Waals surface area contributed by atoms with Gasteiger partial charge in [0.15, 0.2) is 5.96 Å². The van der Waals surface area contributed by atoms with Crippen LogP contribution in [-0.2, 0) is 4.74 Å². The van der Waals surface area contributed by atoms with E-state index in [0.29, 0.717) is 35.8 Å². The van der Waals surface area contributed by atoms with Crippen LogP contribution >= 0.6 is 35.6 Å². The van der Waals surface area contributed by atoms with Gasteiger partial charge in [-0.3, -0.25) is 4.99 Å². The molecule has 9 heteroatoms. The Balaban J connectivity index is 0.00000729. The Labute approximate surface area is 189 Å². The molecule has 0 fully saturated rings. The van der Waals surface area contributed by atoms with Gasteiger partial charge in [0.05, 0.1) is 24.2 Å². The van der Waals surface area contributed by atoms with Gasteiger partial charge in [-0.1, -0.05) is 25.4 Å². The van der Waals surface area contributed by atoms with E-state index in [9.17, 15) is 4.79 Å². The minimum Gasteiger partial charge on any atom is -0.495 e. The predicted molar refractivity (Wildman–Crippen MR) is 126 cm³/mol. The zero-order chi connectivity index (χ0) is 20.7. The first kappa shape index (κ1) is 26.6. The standard InChI is InChI=1S/C19H31ClN4O3.HI/c1-7-19(8-2,24-17(25)27-18(3,4)5)12-22-16(21)23-13-9-10-15(26-6)14(20)11-13;/h9-11H,7-8,12H2,1-6H3,(H,24,25)(H3,21,22,23);1H. The second-order valence-corrected chi connectivity index (χ2v) is 7.70. The Morgan fingerprint density at radius 2 is 1.86 bits per heavy atom. The molecule has 0 spiro atoms. The molecule has 0 aliphatic heterocycles. The molecular formula is C19H32ClIN4O3. The Hall–Kier alpha value is -1.42. The molecule has 160 valence electrons. The van der Waals surface area contributed by atoms with E-state index in [2.05, 4.69) is 15.6 Å². The molecule has 0 heterocycles. The summed E-state index contributed by atoms with van der Waals surface area (Å²) >= 11 is 6.11. The fourth-order valence-electron chi connectivity index (χ4n) is 2.38. The predicted octanol–water partition coefficient (Wildman–Crippen LogP) is 4.78. The molecule has 0 saturated carbocycles. The van der Waals surface area contributed by atoms with E-state index in [-0.39, 0.29) is 29.9 Å². The number of nitrogens with two attached hydrogens (primary N) is 1. The van der Waals surface area contributed by atoms with Crippen molar-refractivity contribution in [3.05, 3.63) is 23.2 Å². The zero-order valence-electron chi connectivity index (χ0n) is 17.4. The van der Waals surface area contributed by atoms with E-state index in [4.69, 9.17) is 26.8 Å². The van der Waals surface area contributed by atoms with E-state index < -0.39 is 17.2 Å². The number of nitrogens with zero attached hydrogens (tertiary/aromatic N) is 1. The second-order valence-electron chi connectivity index (χ2n) is 7.29. The molecule has 0 radical (unpaired) electrons. The number of guanidine groups is 1. The molecule has 0 aliphatic carbocycles. The first-order valence-corrected chi connectivity index (χ1v) is 9.33. The quantitative estimate of drug-likeness (QED) is 0.270. The molecule has 0 saturated heterocycles. The van der Waals surface area contributed by atoms with Crippen LogP contribution in [0.4, 0.5) is 10.5 Å². The average molecular weight is 527 g/mol. The Kier molecular flexibility index (Phi) is 11.0. The van der Waals surface area contributed by atoms with Crippen molar-refractivity contribution < 1.29 is 14.3 Å². The Bertz CT molecular complexity index is 674. The average Bonchev–Trinajstić information content (AvgIpc) is 2.57. The van der Waals surface area contributed by atoms with Crippen LogP contribution in [-0.4, -0.2) is 36.8 Å². The number of hydrogen-bond donors (Lipinski definition) is 3. The summed E-state index contributed by atoms with van der Waals surface area (Å²) in [5.74, 6) is 0.809. The van der Waals surface area contributed by atoms with Gasteiger partial charge in [0, 0.05) is 5.69 Å². The summed E-state index contributed by atoms with van der Waals surface area (Å²) in [6.45, 7) is 9.78. The van der Waals surface area contributed by atoms with Gasteiger partial charge in [0.25, 0.3) is 0 Å². The van der Waals surface area contributed by atoms with Gasteiger partial charge in [0.2, 0.25) is 0 Å². The number of halogens is 2. The molecule has 28 heavy (non-hydrogen) atoms. The summed E-state index contributed by atoms with van der Waals surface area (Å²) in [5.41, 5.74) is 5.60. The minimum absolute atomic E-state index is 0. The number of amides is 1. The lowest BCUT2D eigenvalue weighted by Gasteiger charge is -2.32. The van der Waals surface area contributed by atoms with Gasteiger partial charge >= 0.3 is 6.09 Å². The number of anilines is 1. The second kappa shape index (κ2) is 11.5. The highest BCUT2D eigenvalue weighted by Crippen LogP contribution is 2.27. The van der Waals surface area contributed by atoms with Crippen molar-refractivity contribution in [3.8, 4) is 5.75 Å². The highest BCUT2D eigenvalue weighted by atomic mass is 127. The minimum atomic E-state index is -0.561. The lowest BCUT2D eigenvalue weighted by Crippen LogP contribution is -2.52. The first-order valence-electron chi connectivity index (χ1n) is 8.96. The monoisotopic (exact) mass is 526 g/mol. The van der Waals surface area contributed by atoms with Gasteiger partial charge < -0.3 is 25.8 Å². The molecule has 1 rings (SSSR count). The number of aliphatic imine (C=N–C) groups is 1. The number of rotatable bonds is 7. The van der Waals surface area contributed by atoms with Crippen molar-refractivity contribution in [1.82, 2.24) is 5.32 Å². The highest BCUT2D eigenvalue weighted by molar-refractivity contribution is 14.0. The molecule has 1 amide bonds. The molecule has 4 N–H and O–H groups in total. The molecule has 0 aromatic heterocycles. The zero-order valence-corrected chi connectivity index (χ0v) is 20.5. The van der Waals surface area contributed by atoms with E-state index in [1.165, 1.54) is 0 Å². The summed E-state index contributed by atoms with van der Waals surface area (Å²) in [6.07, 6.45) is 0.914. The third-order valence-electron chi connectivity index (χ3n) is 4.10. The highest BCUT2D eigenvalue weighted by Gasteiger charge is 2.30. The number of hydrogen-bond acceptors (Lipinski definition) is 4. The van der Waals surface area contributed by atoms with E-state index in [1.807, 2.05) is 34.6 Å². The van der Waals surface area contributed by atoms with Gasteiger partial charge in [-0.2, -0.15) is 0 Å². The normalized spacial score (nSPS) is 12.0. The largest absolute Gasteiger partial charge is 0.495 e. The topological polar surface area (TPSA) is 98.0 Å². The van der Waals surface area contributed by atoms with Crippen molar-refractivity contribution in [2.75, 3.05) is 19.0 Å². The van der Waals surface area contributed by atoms with Crippen LogP contribution in [0.2, 0.25) is 5.02 Å². The van der Waals surface area contributed by atoms with Crippen molar-refractivity contribution in [1.29, 1.82) is 0 Å². The van der Waals surface area contributed by atoms with Crippen LogP contribution in [0.15, 0.2) is 23.2 Å². The molecule has 0 aliphatic rings. The summed E-state index contributed by atoms with van der Waals surface area (Å²) in [7, 11) is 1.55. The number of benzene rings is 1. The van der Waals surface area contributed by atoms with Crippen molar-refractivity contribution in [2.24, 2.45) is 10.7 Å². The van der Waals surface area contributed by atoms with Crippen LogP contribution in [0.5, 0.6) is 5.75 Å². The SMILES string of the molecule is CCC(CC)(CN=C(N)Nc1ccc(OC)c(Cl)c1)NC(=O)OC(C)(C)C.I. The molecule has 1 aromatic carbocycles. The number of methoxy groups -OCH3 is 1. The van der Waals surface area contributed by atoms with E-state index >= 15 is 0 Å². The van der Waals surface area contributed by atoms with Gasteiger partial charge in [-0.15, -0.1) is 24.0 Å². The summed E-state index contributed by atoms with van der Waals surface area (Å²) in [4.78, 5) is 16.6. The first-order chi connectivity index (χ1) is 12.5. The molecule has 0 bridgehead atoms. The molecule has 0 unspecified atom stereocenters. The number of carbonyl (C=O) groups is 1. The summed E-state index contributed by atoms with van der Waals surface area (Å²) in [5, 5.41) is 6.40. The lowest BCUT2D eigenvalue weighted by atomic mass is 9.93. The van der Waals surface area contributed by atoms with E-state index in [1.54, 1.807) is 25.3 Å². The molecule has 0 atom stereocenters. The maximum atomic E-state index is 12.2. The van der Waals surface area contributed by atoms with Crippen molar-refractivity contribution in [3.63, 3.8) is 0 Å². The maximum Gasteiger partial charge on any atom is 0.408 e. The van der Waals surface area contributed by atoms with E-state index in [0.717, 1.165) is 0 Å². The van der Waals surface area contributed by atoms with Crippen LogP contribution in [0.1, 0.15) is 47.5 Å². The Morgan fingerprint density at radius 1 is 1.25 bits per heavy atom. The maximum absolute atomic E-state index is 12.2. The lowest BCUT2D eigenvalue weighted by molar-refractivity contribution is 0.0452. The smallest absolute Gasteiger partial charge is 0.408 e. The molecular weight excluding hydrogens is 495 g/mol. The fraction of sp³-hybridized carbons (Fsp3) is 0.579. The van der Waals surface area contributed by atoms with Crippen LogP contribution in [0.3, 0.4) is 0 Å². The summed E-state index contributed by atoms with van der Waals surface area (Å²) < 4.78 is 10.5.